The molecule has 0 bridgehead atoms. The molecule has 0 aromatic carbocycles. The number of hydrogen-bond acceptors (Lipinski definition) is 3. The topological polar surface area (TPSA) is 45.2 Å². The van der Waals surface area contributed by atoms with Crippen LogP contribution in [0.4, 0.5) is 4.39 Å². The van der Waals surface area contributed by atoms with Gasteiger partial charge >= 0.3 is 0 Å². The summed E-state index contributed by atoms with van der Waals surface area (Å²) < 4.78 is 13.6. The normalized spacial score (nSPS) is 17.6. The maximum absolute atomic E-state index is 13.6. The van der Waals surface area contributed by atoms with Crippen molar-refractivity contribution in [2.24, 2.45) is 0 Å². The standard InChI is InChI=1S/C11H13ClFN3O/c12-11-8(9(13)1-3-15-11)7-16-5-2-10(17)14-4-6-16/h1,3H,2,4-7H2,(H,14,17). The zero-order chi connectivity index (χ0) is 12.3. The molecule has 17 heavy (non-hydrogen) atoms. The summed E-state index contributed by atoms with van der Waals surface area (Å²) >= 11 is 5.86. The summed E-state index contributed by atoms with van der Waals surface area (Å²) in [6.45, 7) is 2.26. The van der Waals surface area contributed by atoms with Crippen LogP contribution in [-0.4, -0.2) is 35.4 Å². The Morgan fingerprint density at radius 3 is 3.12 bits per heavy atom. The Kier molecular flexibility index (Phi) is 3.91. The zero-order valence-electron chi connectivity index (χ0n) is 9.25. The van der Waals surface area contributed by atoms with Crippen LogP contribution in [0.2, 0.25) is 5.15 Å². The molecule has 0 saturated carbocycles. The van der Waals surface area contributed by atoms with E-state index in [9.17, 15) is 9.18 Å². The second-order valence-corrected chi connectivity index (χ2v) is 4.30. The molecule has 6 heteroatoms. The monoisotopic (exact) mass is 257 g/mol. The van der Waals surface area contributed by atoms with Gasteiger partial charge in [0, 0.05) is 44.4 Å². The Labute approximate surface area is 104 Å². The van der Waals surface area contributed by atoms with Crippen molar-refractivity contribution in [2.45, 2.75) is 13.0 Å². The second-order valence-electron chi connectivity index (χ2n) is 3.94. The highest BCUT2D eigenvalue weighted by atomic mass is 35.5. The molecule has 4 nitrogen and oxygen atoms in total. The predicted molar refractivity (Wildman–Crippen MR) is 62.1 cm³/mol. The van der Waals surface area contributed by atoms with Gasteiger partial charge in [0.05, 0.1) is 0 Å². The fourth-order valence-corrected chi connectivity index (χ4v) is 1.99. The fourth-order valence-electron chi connectivity index (χ4n) is 1.78. The van der Waals surface area contributed by atoms with Gasteiger partial charge in [-0.05, 0) is 6.07 Å². The number of amides is 1. The van der Waals surface area contributed by atoms with Gasteiger partial charge in [-0.1, -0.05) is 11.6 Å². The summed E-state index contributed by atoms with van der Waals surface area (Å²) in [6.07, 6.45) is 1.77. The van der Waals surface area contributed by atoms with Crippen LogP contribution in [-0.2, 0) is 11.3 Å². The number of hydrogen-bond donors (Lipinski definition) is 1. The molecule has 92 valence electrons. The van der Waals surface area contributed by atoms with E-state index in [-0.39, 0.29) is 16.9 Å². The number of pyridine rings is 1. The van der Waals surface area contributed by atoms with E-state index in [0.29, 0.717) is 38.2 Å². The predicted octanol–water partition coefficient (Wildman–Crippen LogP) is 1.20. The molecular formula is C11H13ClFN3O. The van der Waals surface area contributed by atoms with E-state index in [1.54, 1.807) is 0 Å². The average Bonchev–Trinajstić information content (AvgIpc) is 2.49. The van der Waals surface area contributed by atoms with Crippen LogP contribution >= 0.6 is 11.6 Å². The number of aromatic nitrogens is 1. The molecule has 1 saturated heterocycles. The van der Waals surface area contributed by atoms with Crippen molar-refractivity contribution >= 4 is 17.5 Å². The van der Waals surface area contributed by atoms with Gasteiger partial charge in [0.2, 0.25) is 5.91 Å². The van der Waals surface area contributed by atoms with Crippen LogP contribution in [0.15, 0.2) is 12.3 Å². The van der Waals surface area contributed by atoms with Gasteiger partial charge in [-0.25, -0.2) is 9.37 Å². The van der Waals surface area contributed by atoms with E-state index in [2.05, 4.69) is 10.3 Å². The van der Waals surface area contributed by atoms with Gasteiger partial charge in [0.25, 0.3) is 0 Å². The first kappa shape index (κ1) is 12.3. The van der Waals surface area contributed by atoms with Gasteiger partial charge in [0.15, 0.2) is 0 Å². The second kappa shape index (κ2) is 5.42. The highest BCUT2D eigenvalue weighted by Gasteiger charge is 2.17. The molecular weight excluding hydrogens is 245 g/mol. The van der Waals surface area contributed by atoms with Crippen LogP contribution in [0.25, 0.3) is 0 Å². The van der Waals surface area contributed by atoms with Gasteiger partial charge < -0.3 is 5.32 Å². The third-order valence-electron chi connectivity index (χ3n) is 2.73. The Morgan fingerprint density at radius 1 is 1.53 bits per heavy atom. The number of carbonyl (C=O) groups excluding carboxylic acids is 1. The summed E-state index contributed by atoms with van der Waals surface area (Å²) in [5.41, 5.74) is 0.392. The Hall–Kier alpha value is -1.20. The van der Waals surface area contributed by atoms with Crippen molar-refractivity contribution < 1.29 is 9.18 Å². The van der Waals surface area contributed by atoms with Crippen LogP contribution in [0, 0.1) is 5.82 Å². The van der Waals surface area contributed by atoms with E-state index in [4.69, 9.17) is 11.6 Å². The van der Waals surface area contributed by atoms with Crippen molar-refractivity contribution in [3.8, 4) is 0 Å². The van der Waals surface area contributed by atoms with E-state index in [0.717, 1.165) is 0 Å². The fraction of sp³-hybridized carbons (Fsp3) is 0.455. The maximum atomic E-state index is 13.6. The first-order valence-corrected chi connectivity index (χ1v) is 5.82. The summed E-state index contributed by atoms with van der Waals surface area (Å²) in [4.78, 5) is 17.0. The highest BCUT2D eigenvalue weighted by molar-refractivity contribution is 6.30. The van der Waals surface area contributed by atoms with Crippen LogP contribution in [0.5, 0.6) is 0 Å². The number of rotatable bonds is 2. The molecule has 1 aliphatic rings. The number of carbonyl (C=O) groups is 1. The lowest BCUT2D eigenvalue weighted by atomic mass is 10.2. The van der Waals surface area contributed by atoms with Crippen LogP contribution in [0.1, 0.15) is 12.0 Å². The number of halogens is 2. The minimum Gasteiger partial charge on any atom is -0.355 e. The van der Waals surface area contributed by atoms with Gasteiger partial charge in [-0.2, -0.15) is 0 Å². The van der Waals surface area contributed by atoms with E-state index in [1.165, 1.54) is 12.3 Å². The lowest BCUT2D eigenvalue weighted by Gasteiger charge is -2.19. The average molecular weight is 258 g/mol. The minimum absolute atomic E-state index is 0.0326. The molecule has 0 unspecified atom stereocenters. The third kappa shape index (κ3) is 3.14. The Morgan fingerprint density at radius 2 is 2.35 bits per heavy atom. The van der Waals surface area contributed by atoms with E-state index >= 15 is 0 Å². The molecule has 2 rings (SSSR count). The molecule has 1 N–H and O–H groups in total. The van der Waals surface area contributed by atoms with Crippen molar-refractivity contribution in [2.75, 3.05) is 19.6 Å². The lowest BCUT2D eigenvalue weighted by molar-refractivity contribution is -0.120. The minimum atomic E-state index is -0.353. The van der Waals surface area contributed by atoms with Gasteiger partial charge in [-0.15, -0.1) is 0 Å². The van der Waals surface area contributed by atoms with Crippen LogP contribution in [0.3, 0.4) is 0 Å². The molecule has 0 radical (unpaired) electrons. The first-order valence-electron chi connectivity index (χ1n) is 5.45. The van der Waals surface area contributed by atoms with Crippen molar-refractivity contribution in [3.63, 3.8) is 0 Å². The quantitative estimate of drug-likeness (QED) is 0.810. The molecule has 1 aromatic rings. The molecule has 1 aliphatic heterocycles. The molecule has 1 aromatic heterocycles. The summed E-state index contributed by atoms with van der Waals surface area (Å²) in [5.74, 6) is -0.321. The lowest BCUT2D eigenvalue weighted by Crippen LogP contribution is -2.28. The number of nitrogens with one attached hydrogen (secondary N) is 1. The Balaban J connectivity index is 2.07. The largest absolute Gasteiger partial charge is 0.355 e. The molecule has 0 aliphatic carbocycles. The smallest absolute Gasteiger partial charge is 0.221 e. The molecule has 2 heterocycles. The molecule has 1 amide bonds. The Bertz CT molecular complexity index is 407. The molecule has 0 spiro atoms. The maximum Gasteiger partial charge on any atom is 0.221 e. The molecule has 1 fully saturated rings. The number of nitrogens with zero attached hydrogens (tertiary/aromatic N) is 2. The van der Waals surface area contributed by atoms with Crippen LogP contribution < -0.4 is 5.32 Å². The third-order valence-corrected chi connectivity index (χ3v) is 3.06. The van der Waals surface area contributed by atoms with E-state index < -0.39 is 0 Å². The summed E-state index contributed by atoms with van der Waals surface area (Å²) in [7, 11) is 0. The van der Waals surface area contributed by atoms with Crippen molar-refractivity contribution in [1.29, 1.82) is 0 Å². The summed E-state index contributed by atoms with van der Waals surface area (Å²) in [6, 6.07) is 1.29. The highest BCUT2D eigenvalue weighted by Crippen LogP contribution is 2.18. The zero-order valence-corrected chi connectivity index (χ0v) is 10.0. The summed E-state index contributed by atoms with van der Waals surface area (Å²) in [5, 5.41) is 2.95. The van der Waals surface area contributed by atoms with E-state index in [1.807, 2.05) is 4.90 Å². The van der Waals surface area contributed by atoms with Gasteiger partial charge in [0.1, 0.15) is 11.0 Å². The van der Waals surface area contributed by atoms with Crippen molar-refractivity contribution in [1.82, 2.24) is 15.2 Å². The molecule has 0 atom stereocenters. The SMILES string of the molecule is O=C1CCN(Cc2c(F)ccnc2Cl)CCN1. The van der Waals surface area contributed by atoms with Crippen molar-refractivity contribution in [3.05, 3.63) is 28.8 Å². The van der Waals surface area contributed by atoms with Gasteiger partial charge in [-0.3, -0.25) is 9.69 Å². The first-order chi connectivity index (χ1) is 8.16.